The molecule has 1 saturated heterocycles. The van der Waals surface area contributed by atoms with Crippen LogP contribution in [0.3, 0.4) is 0 Å². The largest absolute Gasteiger partial charge is 0.497 e. The van der Waals surface area contributed by atoms with Crippen molar-refractivity contribution in [1.29, 1.82) is 0 Å². The molecule has 5 heteroatoms. The second-order valence-electron chi connectivity index (χ2n) is 4.57. The van der Waals surface area contributed by atoms with E-state index in [2.05, 4.69) is 14.9 Å². The molecule has 0 spiro atoms. The van der Waals surface area contributed by atoms with Crippen molar-refractivity contribution in [1.82, 2.24) is 9.97 Å². The number of ether oxygens (including phenoxy) is 2. The molecular weight excluding hydrogens is 254 g/mol. The highest BCUT2D eigenvalue weighted by atomic mass is 16.5. The Morgan fingerprint density at radius 2 is 1.85 bits per heavy atom. The van der Waals surface area contributed by atoms with E-state index in [-0.39, 0.29) is 0 Å². The summed E-state index contributed by atoms with van der Waals surface area (Å²) in [6.45, 7) is 3.25. The van der Waals surface area contributed by atoms with Gasteiger partial charge in [-0.2, -0.15) is 0 Å². The van der Waals surface area contributed by atoms with Gasteiger partial charge in [0.05, 0.1) is 20.3 Å². The second kappa shape index (κ2) is 5.88. The van der Waals surface area contributed by atoms with Crippen LogP contribution < -0.4 is 9.64 Å². The summed E-state index contributed by atoms with van der Waals surface area (Å²) < 4.78 is 10.5. The van der Waals surface area contributed by atoms with Gasteiger partial charge in [0.2, 0.25) is 0 Å². The summed E-state index contributed by atoms with van der Waals surface area (Å²) in [6.07, 6.45) is 1.80. The Kier molecular flexibility index (Phi) is 3.78. The van der Waals surface area contributed by atoms with Crippen LogP contribution in [0.1, 0.15) is 0 Å². The molecule has 1 aromatic heterocycles. The summed E-state index contributed by atoms with van der Waals surface area (Å²) in [4.78, 5) is 11.2. The molecule has 0 atom stereocenters. The maximum absolute atomic E-state index is 5.36. The third-order valence-corrected chi connectivity index (χ3v) is 3.32. The normalized spacial score (nSPS) is 15.2. The van der Waals surface area contributed by atoms with Crippen LogP contribution in [-0.4, -0.2) is 43.4 Å². The summed E-state index contributed by atoms with van der Waals surface area (Å²) in [6, 6.07) is 9.72. The molecule has 0 saturated carbocycles. The van der Waals surface area contributed by atoms with E-state index >= 15 is 0 Å². The van der Waals surface area contributed by atoms with Crippen molar-refractivity contribution in [3.05, 3.63) is 36.5 Å². The lowest BCUT2D eigenvalue weighted by Gasteiger charge is -2.27. The third-order valence-electron chi connectivity index (χ3n) is 3.32. The molecule has 0 N–H and O–H groups in total. The van der Waals surface area contributed by atoms with Crippen molar-refractivity contribution < 1.29 is 9.47 Å². The van der Waals surface area contributed by atoms with Gasteiger partial charge in [-0.05, 0) is 30.3 Å². The number of aromatic nitrogens is 2. The van der Waals surface area contributed by atoms with Crippen molar-refractivity contribution in [2.45, 2.75) is 0 Å². The molecule has 5 nitrogen and oxygen atoms in total. The molecule has 0 amide bonds. The molecule has 0 radical (unpaired) electrons. The van der Waals surface area contributed by atoms with Crippen LogP contribution in [0.4, 0.5) is 5.82 Å². The molecule has 104 valence electrons. The Hall–Kier alpha value is -2.14. The highest BCUT2D eigenvalue weighted by molar-refractivity contribution is 5.58. The fourth-order valence-electron chi connectivity index (χ4n) is 2.20. The molecular formula is C15H17N3O2. The zero-order chi connectivity index (χ0) is 13.8. The fourth-order valence-corrected chi connectivity index (χ4v) is 2.20. The predicted octanol–water partition coefficient (Wildman–Crippen LogP) is 1.99. The van der Waals surface area contributed by atoms with E-state index in [9.17, 15) is 0 Å². The van der Waals surface area contributed by atoms with Crippen LogP contribution >= 0.6 is 0 Å². The van der Waals surface area contributed by atoms with Gasteiger partial charge in [0, 0.05) is 24.8 Å². The van der Waals surface area contributed by atoms with E-state index in [1.807, 2.05) is 30.3 Å². The molecule has 1 aliphatic rings. The smallest absolute Gasteiger partial charge is 0.161 e. The van der Waals surface area contributed by atoms with Crippen molar-refractivity contribution in [2.24, 2.45) is 0 Å². The maximum Gasteiger partial charge on any atom is 0.161 e. The minimum absolute atomic E-state index is 0.733. The average Bonchev–Trinajstić information content (AvgIpc) is 2.56. The van der Waals surface area contributed by atoms with Gasteiger partial charge in [0.25, 0.3) is 0 Å². The summed E-state index contributed by atoms with van der Waals surface area (Å²) in [7, 11) is 1.66. The Morgan fingerprint density at radius 1 is 1.10 bits per heavy atom. The van der Waals surface area contributed by atoms with E-state index in [1.165, 1.54) is 0 Å². The molecule has 1 fully saturated rings. The predicted molar refractivity (Wildman–Crippen MR) is 77.1 cm³/mol. The maximum atomic E-state index is 5.36. The first kappa shape index (κ1) is 12.9. The molecule has 20 heavy (non-hydrogen) atoms. The highest BCUT2D eigenvalue weighted by Gasteiger charge is 2.13. The monoisotopic (exact) mass is 271 g/mol. The Labute approximate surface area is 118 Å². The lowest BCUT2D eigenvalue weighted by atomic mass is 10.2. The van der Waals surface area contributed by atoms with Crippen LogP contribution in [0.25, 0.3) is 11.4 Å². The van der Waals surface area contributed by atoms with E-state index in [4.69, 9.17) is 9.47 Å². The van der Waals surface area contributed by atoms with Gasteiger partial charge < -0.3 is 14.4 Å². The van der Waals surface area contributed by atoms with Gasteiger partial charge in [0.15, 0.2) is 5.82 Å². The molecule has 2 aromatic rings. The number of hydrogen-bond donors (Lipinski definition) is 0. The molecule has 1 aromatic carbocycles. The number of rotatable bonds is 3. The number of benzene rings is 1. The molecule has 2 heterocycles. The number of methoxy groups -OCH3 is 1. The van der Waals surface area contributed by atoms with Gasteiger partial charge >= 0.3 is 0 Å². The van der Waals surface area contributed by atoms with Gasteiger partial charge in [-0.25, -0.2) is 9.97 Å². The quantitative estimate of drug-likeness (QED) is 0.854. The molecule has 0 unspecified atom stereocenters. The first-order valence-electron chi connectivity index (χ1n) is 6.67. The minimum Gasteiger partial charge on any atom is -0.497 e. The Balaban J connectivity index is 1.85. The number of anilines is 1. The Bertz CT molecular complexity index is 566. The molecule has 1 aliphatic heterocycles. The van der Waals surface area contributed by atoms with E-state index in [1.54, 1.807) is 13.3 Å². The summed E-state index contributed by atoms with van der Waals surface area (Å²) in [5.41, 5.74) is 0.987. The number of hydrogen-bond acceptors (Lipinski definition) is 5. The Morgan fingerprint density at radius 3 is 2.55 bits per heavy atom. The zero-order valence-electron chi connectivity index (χ0n) is 11.5. The van der Waals surface area contributed by atoms with Crippen LogP contribution in [-0.2, 0) is 4.74 Å². The van der Waals surface area contributed by atoms with Crippen LogP contribution in [0.5, 0.6) is 5.75 Å². The number of morpholine rings is 1. The summed E-state index contributed by atoms with van der Waals surface area (Å²) in [5, 5.41) is 0. The van der Waals surface area contributed by atoms with E-state index < -0.39 is 0 Å². The van der Waals surface area contributed by atoms with E-state index in [0.29, 0.717) is 0 Å². The zero-order valence-corrected chi connectivity index (χ0v) is 11.5. The molecule has 0 aliphatic carbocycles. The van der Waals surface area contributed by atoms with Crippen LogP contribution in [0, 0.1) is 0 Å². The topological polar surface area (TPSA) is 47.5 Å². The summed E-state index contributed by atoms with van der Waals surface area (Å²) >= 11 is 0. The third kappa shape index (κ3) is 2.72. The lowest BCUT2D eigenvalue weighted by molar-refractivity contribution is 0.122. The van der Waals surface area contributed by atoms with Crippen molar-refractivity contribution >= 4 is 5.82 Å². The average molecular weight is 271 g/mol. The van der Waals surface area contributed by atoms with Gasteiger partial charge in [-0.1, -0.05) is 0 Å². The first-order valence-corrected chi connectivity index (χ1v) is 6.67. The van der Waals surface area contributed by atoms with Crippen molar-refractivity contribution in [3.8, 4) is 17.1 Å². The second-order valence-corrected chi connectivity index (χ2v) is 4.57. The van der Waals surface area contributed by atoms with Crippen molar-refractivity contribution in [2.75, 3.05) is 38.3 Å². The summed E-state index contributed by atoms with van der Waals surface area (Å²) in [5.74, 6) is 2.52. The first-order chi connectivity index (χ1) is 9.86. The molecule has 0 bridgehead atoms. The minimum atomic E-state index is 0.733. The van der Waals surface area contributed by atoms with Crippen LogP contribution in [0.15, 0.2) is 36.5 Å². The fraction of sp³-hybridized carbons (Fsp3) is 0.333. The van der Waals surface area contributed by atoms with Gasteiger partial charge in [0.1, 0.15) is 11.6 Å². The SMILES string of the molecule is COc1ccc(-c2nccc(N3CCOCC3)n2)cc1. The number of nitrogens with zero attached hydrogens (tertiary/aromatic N) is 3. The van der Waals surface area contributed by atoms with Gasteiger partial charge in [-0.3, -0.25) is 0 Å². The van der Waals surface area contributed by atoms with E-state index in [0.717, 1.165) is 49.3 Å². The lowest BCUT2D eigenvalue weighted by Crippen LogP contribution is -2.36. The standard InChI is InChI=1S/C15H17N3O2/c1-19-13-4-2-12(3-5-13)15-16-7-6-14(17-15)18-8-10-20-11-9-18/h2-7H,8-11H2,1H3. The van der Waals surface area contributed by atoms with Crippen LogP contribution in [0.2, 0.25) is 0 Å². The van der Waals surface area contributed by atoms with Gasteiger partial charge in [-0.15, -0.1) is 0 Å². The van der Waals surface area contributed by atoms with Crippen molar-refractivity contribution in [3.63, 3.8) is 0 Å². The highest BCUT2D eigenvalue weighted by Crippen LogP contribution is 2.21. The molecule has 3 rings (SSSR count).